The Bertz CT molecular complexity index is 288. The average Bonchev–Trinajstić information content (AvgIpc) is 2.70. The van der Waals surface area contributed by atoms with Gasteiger partial charge in [0.05, 0.1) is 18.9 Å². The molecule has 1 aromatic heterocycles. The predicted octanol–water partition coefficient (Wildman–Crippen LogP) is 1.43. The zero-order chi connectivity index (χ0) is 11.1. The number of carbonyl (C=O) groups excluding carboxylic acids is 1. The molecule has 1 N–H and O–H groups in total. The number of rotatable bonds is 6. The van der Waals surface area contributed by atoms with Gasteiger partial charge in [0.1, 0.15) is 0 Å². The molecule has 0 unspecified atom stereocenters. The first-order valence-electron chi connectivity index (χ1n) is 4.69. The lowest BCUT2D eigenvalue weighted by Gasteiger charge is -2.15. The number of hydrogen-bond donors (Lipinski definition) is 1. The van der Waals surface area contributed by atoms with Gasteiger partial charge in [0.15, 0.2) is 0 Å². The molecule has 1 aromatic rings. The molecule has 0 aliphatic carbocycles. The third-order valence-corrected chi connectivity index (χ3v) is 3.64. The molecule has 0 atom stereocenters. The maximum absolute atomic E-state index is 11.6. The Balaban J connectivity index is 2.27. The molecule has 1 amide bonds. The van der Waals surface area contributed by atoms with Crippen LogP contribution in [0.1, 0.15) is 4.88 Å². The van der Waals surface area contributed by atoms with E-state index in [1.807, 2.05) is 24.6 Å². The van der Waals surface area contributed by atoms with E-state index in [9.17, 15) is 4.79 Å². The maximum atomic E-state index is 11.6. The van der Waals surface area contributed by atoms with Crippen LogP contribution < -0.4 is 0 Å². The molecule has 0 aromatic carbocycles. The van der Waals surface area contributed by atoms with E-state index in [0.29, 0.717) is 18.1 Å². The smallest absolute Gasteiger partial charge is 0.232 e. The quantitative estimate of drug-likeness (QED) is 0.771. The molecule has 84 valence electrons. The summed E-state index contributed by atoms with van der Waals surface area (Å²) < 4.78 is 0. The highest BCUT2D eigenvalue weighted by Crippen LogP contribution is 2.11. The van der Waals surface area contributed by atoms with Gasteiger partial charge in [0.2, 0.25) is 5.91 Å². The predicted molar refractivity (Wildman–Crippen MR) is 65.2 cm³/mol. The first-order valence-corrected chi connectivity index (χ1v) is 6.72. The number of carbonyl (C=O) groups is 1. The van der Waals surface area contributed by atoms with Crippen LogP contribution in [-0.2, 0) is 11.3 Å². The van der Waals surface area contributed by atoms with Crippen molar-refractivity contribution in [1.82, 2.24) is 4.90 Å². The Morgan fingerprint density at radius 2 is 2.47 bits per heavy atom. The first kappa shape index (κ1) is 12.5. The minimum absolute atomic E-state index is 0.113. The second kappa shape index (κ2) is 6.87. The summed E-state index contributed by atoms with van der Waals surface area (Å²) in [6.07, 6.45) is 0. The van der Waals surface area contributed by atoms with Gasteiger partial charge in [-0.3, -0.25) is 4.79 Å². The van der Waals surface area contributed by atoms with Crippen molar-refractivity contribution in [1.29, 1.82) is 0 Å². The normalized spacial score (nSPS) is 10.3. The van der Waals surface area contributed by atoms with E-state index in [2.05, 4.69) is 0 Å². The highest BCUT2D eigenvalue weighted by molar-refractivity contribution is 7.99. The molecule has 0 radical (unpaired) electrons. The fourth-order valence-electron chi connectivity index (χ4n) is 1.06. The molecule has 0 fully saturated rings. The summed E-state index contributed by atoms with van der Waals surface area (Å²) in [7, 11) is 1.81. The molecule has 3 nitrogen and oxygen atoms in total. The molecule has 0 saturated heterocycles. The van der Waals surface area contributed by atoms with Crippen LogP contribution in [0.4, 0.5) is 0 Å². The zero-order valence-electron chi connectivity index (χ0n) is 8.68. The molecule has 5 heteroatoms. The van der Waals surface area contributed by atoms with E-state index in [0.717, 1.165) is 0 Å². The van der Waals surface area contributed by atoms with E-state index >= 15 is 0 Å². The average molecular weight is 245 g/mol. The number of aliphatic hydroxyl groups is 1. The summed E-state index contributed by atoms with van der Waals surface area (Å²) in [4.78, 5) is 14.5. The van der Waals surface area contributed by atoms with Crippen molar-refractivity contribution < 1.29 is 9.90 Å². The Morgan fingerprint density at radius 3 is 3.07 bits per heavy atom. The van der Waals surface area contributed by atoms with Crippen LogP contribution in [0.2, 0.25) is 0 Å². The molecule has 0 bridgehead atoms. The topological polar surface area (TPSA) is 40.5 Å². The highest BCUT2D eigenvalue weighted by atomic mass is 32.2. The summed E-state index contributed by atoms with van der Waals surface area (Å²) in [5.74, 6) is 1.18. The van der Waals surface area contributed by atoms with Gasteiger partial charge in [-0.25, -0.2) is 0 Å². The Morgan fingerprint density at radius 1 is 1.67 bits per heavy atom. The maximum Gasteiger partial charge on any atom is 0.232 e. The van der Waals surface area contributed by atoms with E-state index in [-0.39, 0.29) is 12.5 Å². The van der Waals surface area contributed by atoms with Crippen LogP contribution in [0.25, 0.3) is 0 Å². The van der Waals surface area contributed by atoms with Crippen LogP contribution in [0.15, 0.2) is 17.5 Å². The van der Waals surface area contributed by atoms with Crippen molar-refractivity contribution in [2.45, 2.75) is 6.54 Å². The molecular weight excluding hydrogens is 230 g/mol. The lowest BCUT2D eigenvalue weighted by atomic mass is 10.4. The number of amides is 1. The molecule has 15 heavy (non-hydrogen) atoms. The molecule has 0 saturated carbocycles. The summed E-state index contributed by atoms with van der Waals surface area (Å²) in [5, 5.41) is 10.6. The number of aliphatic hydroxyl groups excluding tert-OH is 1. The summed E-state index contributed by atoms with van der Waals surface area (Å²) >= 11 is 3.12. The summed E-state index contributed by atoms with van der Waals surface area (Å²) in [6, 6.07) is 4.01. The summed E-state index contributed by atoms with van der Waals surface area (Å²) in [6.45, 7) is 0.808. The monoisotopic (exact) mass is 245 g/mol. The molecule has 0 aliphatic heterocycles. The van der Waals surface area contributed by atoms with Gasteiger partial charge in [-0.05, 0) is 11.4 Å². The van der Waals surface area contributed by atoms with Gasteiger partial charge in [0.25, 0.3) is 0 Å². The van der Waals surface area contributed by atoms with E-state index < -0.39 is 0 Å². The third-order valence-electron chi connectivity index (χ3n) is 1.86. The fraction of sp³-hybridized carbons (Fsp3) is 0.500. The minimum Gasteiger partial charge on any atom is -0.396 e. The summed E-state index contributed by atoms with van der Waals surface area (Å²) in [5.41, 5.74) is 0. The Labute approximate surface area is 98.1 Å². The van der Waals surface area contributed by atoms with Crippen LogP contribution in [0.5, 0.6) is 0 Å². The van der Waals surface area contributed by atoms with E-state index in [1.165, 1.54) is 16.6 Å². The van der Waals surface area contributed by atoms with Crippen LogP contribution >= 0.6 is 23.1 Å². The number of thioether (sulfide) groups is 1. The molecular formula is C10H15NO2S2. The second-order valence-corrected chi connectivity index (χ2v) is 5.24. The van der Waals surface area contributed by atoms with Crippen molar-refractivity contribution in [3.63, 3.8) is 0 Å². The van der Waals surface area contributed by atoms with Gasteiger partial charge in [-0.15, -0.1) is 23.1 Å². The van der Waals surface area contributed by atoms with Crippen LogP contribution in [-0.4, -0.2) is 41.1 Å². The molecule has 0 spiro atoms. The van der Waals surface area contributed by atoms with Gasteiger partial charge >= 0.3 is 0 Å². The highest BCUT2D eigenvalue weighted by Gasteiger charge is 2.09. The van der Waals surface area contributed by atoms with Crippen molar-refractivity contribution in [2.75, 3.05) is 25.2 Å². The zero-order valence-corrected chi connectivity index (χ0v) is 10.3. The van der Waals surface area contributed by atoms with Crippen molar-refractivity contribution in [3.8, 4) is 0 Å². The van der Waals surface area contributed by atoms with Crippen LogP contribution in [0.3, 0.4) is 0 Å². The Hall–Kier alpha value is -0.520. The van der Waals surface area contributed by atoms with Gasteiger partial charge in [-0.1, -0.05) is 6.07 Å². The van der Waals surface area contributed by atoms with Crippen molar-refractivity contribution in [3.05, 3.63) is 22.4 Å². The lowest BCUT2D eigenvalue weighted by molar-refractivity contribution is -0.127. The van der Waals surface area contributed by atoms with E-state index in [4.69, 9.17) is 5.11 Å². The SMILES string of the molecule is CN(Cc1cccs1)C(=O)CSCCO. The second-order valence-electron chi connectivity index (χ2n) is 3.11. The van der Waals surface area contributed by atoms with Crippen molar-refractivity contribution in [2.24, 2.45) is 0 Å². The van der Waals surface area contributed by atoms with Gasteiger partial charge in [-0.2, -0.15) is 0 Å². The van der Waals surface area contributed by atoms with E-state index in [1.54, 1.807) is 16.2 Å². The van der Waals surface area contributed by atoms with Gasteiger partial charge in [0, 0.05) is 17.7 Å². The third kappa shape index (κ3) is 4.68. The number of thiophene rings is 1. The molecule has 1 heterocycles. The van der Waals surface area contributed by atoms with Crippen LogP contribution in [0, 0.1) is 0 Å². The Kier molecular flexibility index (Phi) is 5.75. The fourth-order valence-corrected chi connectivity index (χ4v) is 2.48. The van der Waals surface area contributed by atoms with Crippen molar-refractivity contribution >= 4 is 29.0 Å². The molecule has 1 rings (SSSR count). The molecule has 0 aliphatic rings. The number of hydrogen-bond acceptors (Lipinski definition) is 4. The lowest BCUT2D eigenvalue weighted by Crippen LogP contribution is -2.27. The standard InChI is InChI=1S/C10H15NO2S2/c1-11(7-9-3-2-5-15-9)10(13)8-14-6-4-12/h2-3,5,12H,4,6-8H2,1H3. The first-order chi connectivity index (χ1) is 7.24. The van der Waals surface area contributed by atoms with Gasteiger partial charge < -0.3 is 10.0 Å². The number of nitrogens with zero attached hydrogens (tertiary/aromatic N) is 1. The minimum atomic E-state index is 0.113. The largest absolute Gasteiger partial charge is 0.396 e.